The van der Waals surface area contributed by atoms with Gasteiger partial charge in [-0.25, -0.2) is 0 Å². The van der Waals surface area contributed by atoms with Crippen molar-refractivity contribution in [3.05, 3.63) is 138 Å². The monoisotopic (exact) mass is 407 g/mol. The molecule has 0 spiro atoms. The lowest BCUT2D eigenvalue weighted by atomic mass is 9.98. The molecule has 1 nitrogen and oxygen atoms in total. The lowest BCUT2D eigenvalue weighted by Crippen LogP contribution is -2.53. The molecule has 0 amide bonds. The first-order chi connectivity index (χ1) is 14.7. The Morgan fingerprint density at radius 3 is 1.30 bits per heavy atom. The van der Waals surface area contributed by atoms with Gasteiger partial charge in [0.05, 0.1) is 6.04 Å². The maximum absolute atomic E-state index is 4.10. The van der Waals surface area contributed by atoms with Gasteiger partial charge in [-0.3, -0.25) is 0 Å². The largest absolute Gasteiger partial charge is 0.302 e. The highest BCUT2D eigenvalue weighted by molar-refractivity contribution is 6.90. The van der Waals surface area contributed by atoms with Crippen LogP contribution in [0.1, 0.15) is 28.4 Å². The van der Waals surface area contributed by atoms with Gasteiger partial charge in [-0.15, -0.1) is 0 Å². The van der Waals surface area contributed by atoms with Gasteiger partial charge >= 0.3 is 0 Å². The summed E-state index contributed by atoms with van der Waals surface area (Å²) in [5, 5.41) is 5.57. The Balaban J connectivity index is 1.80. The third-order valence-electron chi connectivity index (χ3n) is 5.97. The summed E-state index contributed by atoms with van der Waals surface area (Å²) in [4.78, 5) is 0. The van der Waals surface area contributed by atoms with Crippen LogP contribution in [0.2, 0.25) is 13.1 Å². The minimum atomic E-state index is -1.89. The molecule has 0 saturated carbocycles. The Bertz CT molecular complexity index is 992. The van der Waals surface area contributed by atoms with E-state index in [2.05, 4.69) is 140 Å². The molecule has 0 bridgehead atoms. The normalized spacial score (nSPS) is 12.6. The first-order valence-electron chi connectivity index (χ1n) is 10.6. The molecule has 0 saturated heterocycles. The molecule has 1 atom stereocenters. The van der Waals surface area contributed by atoms with Gasteiger partial charge in [0.15, 0.2) is 0 Å². The summed E-state index contributed by atoms with van der Waals surface area (Å²) in [6.45, 7) is 4.94. The Labute approximate surface area is 181 Å². The zero-order valence-electron chi connectivity index (χ0n) is 17.7. The van der Waals surface area contributed by atoms with Crippen molar-refractivity contribution in [2.45, 2.75) is 24.8 Å². The SMILES string of the molecule is C[Si](C)(c1ccccc1)C(NC(c1ccccc1)c1ccccc1)c1ccccc1. The third-order valence-corrected chi connectivity index (χ3v) is 9.74. The fourth-order valence-corrected chi connectivity index (χ4v) is 7.24. The lowest BCUT2D eigenvalue weighted by molar-refractivity contribution is 0.574. The zero-order chi connectivity index (χ0) is 20.8. The molecule has 0 aromatic heterocycles. The standard InChI is InChI=1S/C28H29NSi/c1-30(2,26-21-13-6-14-22-26)28(25-19-11-5-12-20-25)29-27(23-15-7-3-8-16-23)24-17-9-4-10-18-24/h3-22,27-29H,1-2H3. The van der Waals surface area contributed by atoms with Crippen molar-refractivity contribution in [3.8, 4) is 0 Å². The van der Waals surface area contributed by atoms with E-state index in [1.807, 2.05) is 0 Å². The number of rotatable bonds is 7. The highest BCUT2D eigenvalue weighted by atomic mass is 28.3. The number of hydrogen-bond donors (Lipinski definition) is 1. The maximum Gasteiger partial charge on any atom is 0.104 e. The number of benzene rings is 4. The van der Waals surface area contributed by atoms with E-state index in [1.165, 1.54) is 21.9 Å². The third kappa shape index (κ3) is 4.45. The van der Waals surface area contributed by atoms with Crippen LogP contribution >= 0.6 is 0 Å². The molecule has 1 N–H and O–H groups in total. The van der Waals surface area contributed by atoms with Crippen molar-refractivity contribution in [2.24, 2.45) is 0 Å². The first kappa shape index (κ1) is 20.3. The van der Waals surface area contributed by atoms with Gasteiger partial charge in [0.2, 0.25) is 0 Å². The predicted octanol–water partition coefficient (Wildman–Crippen LogP) is 6.26. The second kappa shape index (κ2) is 9.25. The van der Waals surface area contributed by atoms with Crippen molar-refractivity contribution in [1.29, 1.82) is 0 Å². The summed E-state index contributed by atoms with van der Waals surface area (Å²) < 4.78 is 0. The number of nitrogens with one attached hydrogen (secondary N) is 1. The van der Waals surface area contributed by atoms with Gasteiger partial charge in [0, 0.05) is 5.67 Å². The molecule has 0 aliphatic heterocycles. The van der Waals surface area contributed by atoms with Crippen LogP contribution in [-0.4, -0.2) is 8.07 Å². The average Bonchev–Trinajstić information content (AvgIpc) is 2.82. The summed E-state index contributed by atoms with van der Waals surface area (Å²) in [6, 6.07) is 43.7. The Morgan fingerprint density at radius 2 is 0.867 bits per heavy atom. The van der Waals surface area contributed by atoms with Gasteiger partial charge in [-0.05, 0) is 16.7 Å². The van der Waals surface area contributed by atoms with Crippen LogP contribution in [0.3, 0.4) is 0 Å². The van der Waals surface area contributed by atoms with Crippen molar-refractivity contribution in [2.75, 3.05) is 0 Å². The van der Waals surface area contributed by atoms with E-state index >= 15 is 0 Å². The molecule has 0 heterocycles. The van der Waals surface area contributed by atoms with Crippen LogP contribution in [0.15, 0.2) is 121 Å². The van der Waals surface area contributed by atoms with Crippen LogP contribution in [0.25, 0.3) is 0 Å². The van der Waals surface area contributed by atoms with Crippen molar-refractivity contribution in [1.82, 2.24) is 5.32 Å². The van der Waals surface area contributed by atoms with Gasteiger partial charge < -0.3 is 5.32 Å². The molecule has 0 radical (unpaired) electrons. The topological polar surface area (TPSA) is 12.0 Å². The molecule has 0 aliphatic carbocycles. The molecule has 4 rings (SSSR count). The van der Waals surface area contributed by atoms with Crippen molar-refractivity contribution < 1.29 is 0 Å². The molecule has 4 aromatic rings. The summed E-state index contributed by atoms with van der Waals surface area (Å²) in [5.74, 6) is 0. The van der Waals surface area contributed by atoms with E-state index in [4.69, 9.17) is 0 Å². The quantitative estimate of drug-likeness (QED) is 0.356. The molecule has 2 heteroatoms. The Kier molecular flexibility index (Phi) is 6.27. The maximum atomic E-state index is 4.10. The Morgan fingerprint density at radius 1 is 0.500 bits per heavy atom. The highest BCUT2D eigenvalue weighted by Crippen LogP contribution is 2.31. The summed E-state index contributed by atoms with van der Waals surface area (Å²) in [5.41, 5.74) is 4.21. The van der Waals surface area contributed by atoms with Gasteiger partial charge in [0.25, 0.3) is 0 Å². The average molecular weight is 408 g/mol. The van der Waals surface area contributed by atoms with Crippen LogP contribution < -0.4 is 10.5 Å². The summed E-state index contributed by atoms with van der Waals surface area (Å²) in [7, 11) is -1.89. The number of hydrogen-bond acceptors (Lipinski definition) is 1. The van der Waals surface area contributed by atoms with Crippen molar-refractivity contribution in [3.63, 3.8) is 0 Å². The fraction of sp³-hybridized carbons (Fsp3) is 0.143. The second-order valence-corrected chi connectivity index (χ2v) is 13.0. The van der Waals surface area contributed by atoms with E-state index in [-0.39, 0.29) is 11.7 Å². The fourth-order valence-electron chi connectivity index (χ4n) is 4.24. The lowest BCUT2D eigenvalue weighted by Gasteiger charge is -2.37. The first-order valence-corrected chi connectivity index (χ1v) is 13.7. The second-order valence-electron chi connectivity index (χ2n) is 8.35. The molecule has 150 valence electrons. The summed E-state index contributed by atoms with van der Waals surface area (Å²) >= 11 is 0. The van der Waals surface area contributed by atoms with Gasteiger partial charge in [-0.2, -0.15) is 0 Å². The molecule has 30 heavy (non-hydrogen) atoms. The van der Waals surface area contributed by atoms with Gasteiger partial charge in [-0.1, -0.05) is 140 Å². The van der Waals surface area contributed by atoms with E-state index in [1.54, 1.807) is 0 Å². The smallest absolute Gasteiger partial charge is 0.104 e. The van der Waals surface area contributed by atoms with Crippen LogP contribution in [0.4, 0.5) is 0 Å². The van der Waals surface area contributed by atoms with E-state index in [0.29, 0.717) is 0 Å². The predicted molar refractivity (Wildman–Crippen MR) is 131 cm³/mol. The molecule has 4 aromatic carbocycles. The molecular weight excluding hydrogens is 378 g/mol. The van der Waals surface area contributed by atoms with Crippen molar-refractivity contribution >= 4 is 13.3 Å². The van der Waals surface area contributed by atoms with E-state index < -0.39 is 8.07 Å². The molecule has 0 aliphatic rings. The van der Waals surface area contributed by atoms with E-state index in [0.717, 1.165) is 0 Å². The minimum Gasteiger partial charge on any atom is -0.302 e. The molecular formula is C28H29NSi. The van der Waals surface area contributed by atoms with Crippen LogP contribution in [0, 0.1) is 0 Å². The van der Waals surface area contributed by atoms with Crippen LogP contribution in [0.5, 0.6) is 0 Å². The summed E-state index contributed by atoms with van der Waals surface area (Å²) in [6.07, 6.45) is 0. The Hall–Kier alpha value is -2.94. The minimum absolute atomic E-state index is 0.132. The van der Waals surface area contributed by atoms with Crippen LogP contribution in [-0.2, 0) is 0 Å². The van der Waals surface area contributed by atoms with E-state index in [9.17, 15) is 0 Å². The van der Waals surface area contributed by atoms with Gasteiger partial charge in [0.1, 0.15) is 8.07 Å². The zero-order valence-corrected chi connectivity index (χ0v) is 18.7. The molecule has 0 fully saturated rings. The highest BCUT2D eigenvalue weighted by Gasteiger charge is 2.36. The molecule has 1 unspecified atom stereocenters.